The largest absolute Gasteiger partial charge is 0.404 e. The summed E-state index contributed by atoms with van der Waals surface area (Å²) in [7, 11) is 0. The highest BCUT2D eigenvalue weighted by molar-refractivity contribution is 5.91. The molecular formula is C31H28N8O. The van der Waals surface area contributed by atoms with Crippen molar-refractivity contribution in [2.24, 2.45) is 11.7 Å². The molecule has 0 spiro atoms. The van der Waals surface area contributed by atoms with Crippen LogP contribution in [-0.4, -0.2) is 36.0 Å². The Morgan fingerprint density at radius 3 is 2.77 bits per heavy atom. The van der Waals surface area contributed by atoms with E-state index < -0.39 is 0 Å². The fourth-order valence-corrected chi connectivity index (χ4v) is 4.79. The number of aromatic nitrogens is 6. The maximum absolute atomic E-state index is 12.5. The van der Waals surface area contributed by atoms with Gasteiger partial charge in [-0.05, 0) is 62.1 Å². The summed E-state index contributed by atoms with van der Waals surface area (Å²) >= 11 is 0. The molecule has 2 saturated carbocycles. The summed E-state index contributed by atoms with van der Waals surface area (Å²) in [5.41, 5.74) is 15.2. The highest BCUT2D eigenvalue weighted by Crippen LogP contribution is 2.33. The van der Waals surface area contributed by atoms with Crippen LogP contribution < -0.4 is 11.1 Å². The van der Waals surface area contributed by atoms with Gasteiger partial charge < -0.3 is 16.0 Å². The van der Waals surface area contributed by atoms with Crippen molar-refractivity contribution in [1.82, 2.24) is 35.5 Å². The van der Waals surface area contributed by atoms with Crippen molar-refractivity contribution in [3.63, 3.8) is 0 Å². The van der Waals surface area contributed by atoms with E-state index in [0.717, 1.165) is 59.6 Å². The quantitative estimate of drug-likeness (QED) is 0.256. The van der Waals surface area contributed by atoms with Crippen LogP contribution in [-0.2, 0) is 11.2 Å². The molecule has 0 saturated heterocycles. The minimum atomic E-state index is 0.0622. The number of rotatable bonds is 7. The van der Waals surface area contributed by atoms with Crippen molar-refractivity contribution in [3.8, 4) is 11.5 Å². The van der Waals surface area contributed by atoms with Crippen molar-refractivity contribution < 1.29 is 4.79 Å². The summed E-state index contributed by atoms with van der Waals surface area (Å²) in [5, 5.41) is 10.7. The first-order valence-corrected chi connectivity index (χ1v) is 13.5. The van der Waals surface area contributed by atoms with E-state index >= 15 is 0 Å². The number of H-pyrrole nitrogens is 2. The molecule has 0 bridgehead atoms. The number of carbonyl (C=O) groups is 1. The zero-order chi connectivity index (χ0) is 27.1. The van der Waals surface area contributed by atoms with Gasteiger partial charge in [-0.2, -0.15) is 5.10 Å². The minimum absolute atomic E-state index is 0.0622. The second-order valence-electron chi connectivity index (χ2n) is 10.3. The van der Waals surface area contributed by atoms with E-state index in [4.69, 9.17) is 15.7 Å². The Labute approximate surface area is 230 Å². The van der Waals surface area contributed by atoms with E-state index in [-0.39, 0.29) is 11.8 Å². The lowest BCUT2D eigenvalue weighted by molar-refractivity contribution is -0.121. The number of pyridine rings is 2. The van der Waals surface area contributed by atoms with E-state index in [2.05, 4.69) is 31.6 Å². The van der Waals surface area contributed by atoms with Crippen molar-refractivity contribution in [1.29, 1.82) is 0 Å². The van der Waals surface area contributed by atoms with E-state index in [0.29, 0.717) is 34.7 Å². The zero-order valence-electron chi connectivity index (χ0n) is 21.8. The number of carbonyl (C=O) groups excluding carboxylic acids is 1. The zero-order valence-corrected chi connectivity index (χ0v) is 21.8. The lowest BCUT2D eigenvalue weighted by Crippen LogP contribution is -2.23. The molecule has 2 fully saturated rings. The third-order valence-corrected chi connectivity index (χ3v) is 7.23. The summed E-state index contributed by atoms with van der Waals surface area (Å²) in [5.74, 6) is 0.802. The van der Waals surface area contributed by atoms with Gasteiger partial charge in [-0.1, -0.05) is 29.9 Å². The summed E-state index contributed by atoms with van der Waals surface area (Å²) in [6.07, 6.45) is 18.1. The predicted molar refractivity (Wildman–Crippen MR) is 154 cm³/mol. The van der Waals surface area contributed by atoms with Gasteiger partial charge in [0.25, 0.3) is 0 Å². The number of nitrogens with zero attached hydrogens (tertiary/aromatic N) is 4. The number of nitrogens with one attached hydrogen (secondary N) is 3. The van der Waals surface area contributed by atoms with Crippen LogP contribution in [0.15, 0.2) is 84.4 Å². The molecule has 3 aliphatic carbocycles. The molecule has 3 aliphatic rings. The third kappa shape index (κ3) is 4.77. The van der Waals surface area contributed by atoms with Crippen LogP contribution in [0.2, 0.25) is 0 Å². The van der Waals surface area contributed by atoms with Crippen LogP contribution in [0.1, 0.15) is 48.5 Å². The SMILES string of the molecule is N/C=C(\C=C(/C=C1CC1)NC(=O)C1CC1)c1ccc2[nH]nc(-c3nc4c([nH]3)CC=CC=C4c3ccccn3)c2n1. The fraction of sp³-hybridized carbons (Fsp3) is 0.194. The number of fused-ring (bicyclic) bond motifs is 2. The van der Waals surface area contributed by atoms with E-state index in [1.165, 1.54) is 11.8 Å². The van der Waals surface area contributed by atoms with Crippen LogP contribution in [0.3, 0.4) is 0 Å². The monoisotopic (exact) mass is 528 g/mol. The molecule has 0 unspecified atom stereocenters. The molecule has 7 rings (SSSR count). The van der Waals surface area contributed by atoms with Gasteiger partial charge in [0.05, 0.1) is 22.6 Å². The molecule has 9 nitrogen and oxygen atoms in total. The summed E-state index contributed by atoms with van der Waals surface area (Å²) in [6, 6.07) is 9.68. The molecule has 4 aromatic rings. The van der Waals surface area contributed by atoms with E-state index in [1.807, 2.05) is 54.6 Å². The normalized spacial score (nSPS) is 16.9. The topological polar surface area (TPSA) is 138 Å². The first-order chi connectivity index (χ1) is 19.7. The molecule has 0 atom stereocenters. The Bertz CT molecular complexity index is 1770. The van der Waals surface area contributed by atoms with Crippen LogP contribution >= 0.6 is 0 Å². The molecule has 198 valence electrons. The van der Waals surface area contributed by atoms with Gasteiger partial charge in [0.15, 0.2) is 11.5 Å². The maximum atomic E-state index is 12.5. The predicted octanol–water partition coefficient (Wildman–Crippen LogP) is 4.72. The lowest BCUT2D eigenvalue weighted by Gasteiger charge is -2.08. The smallest absolute Gasteiger partial charge is 0.227 e. The van der Waals surface area contributed by atoms with Gasteiger partial charge in [0.2, 0.25) is 5.91 Å². The molecule has 1 amide bonds. The number of hydrogen-bond acceptors (Lipinski definition) is 6. The number of hydrogen-bond donors (Lipinski definition) is 4. The van der Waals surface area contributed by atoms with E-state index in [1.54, 1.807) is 6.20 Å². The van der Waals surface area contributed by atoms with Crippen LogP contribution in [0.25, 0.3) is 33.7 Å². The summed E-state index contributed by atoms with van der Waals surface area (Å²) < 4.78 is 0. The summed E-state index contributed by atoms with van der Waals surface area (Å²) in [6.45, 7) is 0. The van der Waals surface area contributed by atoms with Gasteiger partial charge in [-0.25, -0.2) is 9.97 Å². The molecule has 40 heavy (non-hydrogen) atoms. The van der Waals surface area contributed by atoms with Crippen LogP contribution in [0.4, 0.5) is 0 Å². The Hall–Kier alpha value is -5.05. The number of imidazole rings is 1. The highest BCUT2D eigenvalue weighted by atomic mass is 16.2. The minimum Gasteiger partial charge on any atom is -0.404 e. The average molecular weight is 529 g/mol. The standard InChI is InChI=1S/C31H28N8O/c32-17-20(16-21(15-18-8-9-18)34-31(40)19-10-11-19)23-12-13-26-28(35-23)29(39-38-26)30-36-25-7-2-1-5-22(27(25)37-30)24-6-3-4-14-33-24/h1-6,12-17,19H,7-11,32H2,(H,34,40)(H,36,37)(H,38,39)/b20-17+,21-16+. The molecule has 0 aliphatic heterocycles. The van der Waals surface area contributed by atoms with Gasteiger partial charge in [-0.3, -0.25) is 14.9 Å². The fourth-order valence-electron chi connectivity index (χ4n) is 4.79. The van der Waals surface area contributed by atoms with Crippen molar-refractivity contribution in [2.75, 3.05) is 0 Å². The number of nitrogens with two attached hydrogens (primary N) is 1. The number of allylic oxidation sites excluding steroid dienone is 7. The molecule has 5 N–H and O–H groups in total. The lowest BCUT2D eigenvalue weighted by atomic mass is 10.1. The molecule has 4 aromatic heterocycles. The van der Waals surface area contributed by atoms with E-state index in [9.17, 15) is 4.79 Å². The third-order valence-electron chi connectivity index (χ3n) is 7.23. The second-order valence-corrected chi connectivity index (χ2v) is 10.3. The molecule has 0 aromatic carbocycles. The Morgan fingerprint density at radius 2 is 2.00 bits per heavy atom. The Kier molecular flexibility index (Phi) is 5.96. The van der Waals surface area contributed by atoms with Crippen molar-refractivity contribution in [3.05, 3.63) is 107 Å². The van der Waals surface area contributed by atoms with Crippen LogP contribution in [0.5, 0.6) is 0 Å². The van der Waals surface area contributed by atoms with Gasteiger partial charge >= 0.3 is 0 Å². The maximum Gasteiger partial charge on any atom is 0.227 e. The average Bonchev–Trinajstić information content (AvgIpc) is 3.91. The number of aromatic amines is 2. The van der Waals surface area contributed by atoms with Crippen molar-refractivity contribution in [2.45, 2.75) is 32.1 Å². The molecular weight excluding hydrogens is 500 g/mol. The number of amides is 1. The van der Waals surface area contributed by atoms with Crippen molar-refractivity contribution >= 4 is 28.1 Å². The Balaban J connectivity index is 1.25. The second kappa shape index (κ2) is 9.92. The van der Waals surface area contributed by atoms with Crippen LogP contribution in [0, 0.1) is 5.92 Å². The summed E-state index contributed by atoms with van der Waals surface area (Å²) in [4.78, 5) is 30.4. The van der Waals surface area contributed by atoms with Gasteiger partial charge in [-0.15, -0.1) is 0 Å². The molecule has 9 heteroatoms. The Morgan fingerprint density at radius 1 is 1.10 bits per heavy atom. The molecule has 0 radical (unpaired) electrons. The first-order valence-electron chi connectivity index (χ1n) is 13.5. The first kappa shape index (κ1) is 24.0. The van der Waals surface area contributed by atoms with Gasteiger partial charge in [0, 0.05) is 47.3 Å². The van der Waals surface area contributed by atoms with Gasteiger partial charge in [0.1, 0.15) is 5.52 Å². The highest BCUT2D eigenvalue weighted by Gasteiger charge is 2.30. The molecule has 4 heterocycles.